The summed E-state index contributed by atoms with van der Waals surface area (Å²) in [6, 6.07) is 11.7. The van der Waals surface area contributed by atoms with Crippen molar-refractivity contribution in [1.82, 2.24) is 9.78 Å². The number of rotatable bonds is 4. The quantitative estimate of drug-likeness (QED) is 0.477. The van der Waals surface area contributed by atoms with Gasteiger partial charge in [-0.25, -0.2) is 4.68 Å². The Hall–Kier alpha value is -3.17. The predicted octanol–water partition coefficient (Wildman–Crippen LogP) is 2.18. The van der Waals surface area contributed by atoms with Gasteiger partial charge in [0.1, 0.15) is 11.4 Å². The van der Waals surface area contributed by atoms with E-state index in [0.29, 0.717) is 22.6 Å². The summed E-state index contributed by atoms with van der Waals surface area (Å²) in [6.07, 6.45) is 1.35. The molecule has 0 aliphatic carbocycles. The van der Waals surface area contributed by atoms with Gasteiger partial charge in [-0.15, -0.1) is 0 Å². The first-order valence-corrected chi connectivity index (χ1v) is 8.93. The normalized spacial score (nSPS) is 11.9. The molecule has 9 heteroatoms. The van der Waals surface area contributed by atoms with Crippen LogP contribution in [0.2, 0.25) is 0 Å². The molecule has 0 unspecified atom stereocenters. The molecule has 3 rings (SSSR count). The second-order valence-electron chi connectivity index (χ2n) is 5.51. The van der Waals surface area contributed by atoms with Crippen molar-refractivity contribution in [1.29, 1.82) is 0 Å². The average molecular weight is 373 g/mol. The molecule has 0 bridgehead atoms. The highest BCUT2D eigenvalue weighted by Crippen LogP contribution is 2.24. The van der Waals surface area contributed by atoms with Gasteiger partial charge in [0.15, 0.2) is 0 Å². The average Bonchev–Trinajstić information content (AvgIpc) is 2.88. The van der Waals surface area contributed by atoms with Gasteiger partial charge in [-0.05, 0) is 43.3 Å². The maximum Gasteiger partial charge on any atom is 0.294 e. The fourth-order valence-corrected chi connectivity index (χ4v) is 2.85. The fraction of sp³-hybridized carbons (Fsp3) is 0.0588. The number of nitrogens with zero attached hydrogens (tertiary/aromatic N) is 2. The summed E-state index contributed by atoms with van der Waals surface area (Å²) < 4.78 is 32.4. The molecule has 0 spiro atoms. The van der Waals surface area contributed by atoms with Gasteiger partial charge in [0, 0.05) is 11.9 Å². The molecular formula is C17H15N3O5S. The summed E-state index contributed by atoms with van der Waals surface area (Å²) in [5, 5.41) is 12.6. The highest BCUT2D eigenvalue weighted by Gasteiger charge is 2.13. The standard InChI is InChI=1S/C17H15N3O5S/c1-11-14(10-18-15-4-2-3-5-16(15)21)17(22)20(19-11)12-6-8-13(9-7-12)26(23,24)25/h2-10,19,21H,1H3,(H,23,24,25). The van der Waals surface area contributed by atoms with E-state index < -0.39 is 10.1 Å². The molecule has 0 saturated carbocycles. The van der Waals surface area contributed by atoms with Crippen LogP contribution >= 0.6 is 0 Å². The van der Waals surface area contributed by atoms with E-state index in [9.17, 15) is 18.3 Å². The van der Waals surface area contributed by atoms with Gasteiger partial charge in [0.2, 0.25) is 0 Å². The van der Waals surface area contributed by atoms with Crippen molar-refractivity contribution in [3.05, 3.63) is 70.1 Å². The minimum Gasteiger partial charge on any atom is -0.506 e. The minimum atomic E-state index is -4.30. The Labute approximate surface area is 148 Å². The zero-order valence-electron chi connectivity index (χ0n) is 13.6. The van der Waals surface area contributed by atoms with Gasteiger partial charge in [-0.3, -0.25) is 19.4 Å². The van der Waals surface area contributed by atoms with Crippen LogP contribution in [-0.4, -0.2) is 34.1 Å². The molecule has 0 radical (unpaired) electrons. The predicted molar refractivity (Wildman–Crippen MR) is 96.3 cm³/mol. The number of hydrogen-bond donors (Lipinski definition) is 3. The van der Waals surface area contributed by atoms with Crippen LogP contribution in [0.1, 0.15) is 11.3 Å². The fourth-order valence-electron chi connectivity index (χ4n) is 2.37. The van der Waals surface area contributed by atoms with Gasteiger partial charge in [-0.1, -0.05) is 12.1 Å². The molecule has 0 atom stereocenters. The molecule has 1 heterocycles. The summed E-state index contributed by atoms with van der Waals surface area (Å²) >= 11 is 0. The van der Waals surface area contributed by atoms with E-state index in [2.05, 4.69) is 10.1 Å². The van der Waals surface area contributed by atoms with Gasteiger partial charge in [0.25, 0.3) is 15.7 Å². The summed E-state index contributed by atoms with van der Waals surface area (Å²) in [5.74, 6) is -0.00179. The lowest BCUT2D eigenvalue weighted by Crippen LogP contribution is -2.17. The molecule has 134 valence electrons. The number of aromatic amines is 1. The molecular weight excluding hydrogens is 358 g/mol. The Kier molecular flexibility index (Phi) is 4.49. The van der Waals surface area contributed by atoms with Crippen LogP contribution < -0.4 is 5.56 Å². The summed E-state index contributed by atoms with van der Waals surface area (Å²) in [4.78, 5) is 16.5. The largest absolute Gasteiger partial charge is 0.506 e. The first-order chi connectivity index (χ1) is 12.3. The highest BCUT2D eigenvalue weighted by atomic mass is 32.2. The number of phenols is 1. The third-order valence-electron chi connectivity index (χ3n) is 3.72. The zero-order valence-corrected chi connectivity index (χ0v) is 14.4. The van der Waals surface area contributed by atoms with Crippen LogP contribution in [-0.2, 0) is 10.1 Å². The molecule has 3 aromatic rings. The van der Waals surface area contributed by atoms with Crippen molar-refractivity contribution in [2.75, 3.05) is 0 Å². The third kappa shape index (κ3) is 3.44. The Bertz CT molecular complexity index is 1140. The van der Waals surface area contributed by atoms with E-state index in [1.165, 1.54) is 41.2 Å². The topological polar surface area (TPSA) is 125 Å². The van der Waals surface area contributed by atoms with Gasteiger partial charge in [0.05, 0.1) is 16.1 Å². The van der Waals surface area contributed by atoms with Crippen molar-refractivity contribution in [3.63, 3.8) is 0 Å². The van der Waals surface area contributed by atoms with Crippen LogP contribution in [0.4, 0.5) is 5.69 Å². The first kappa shape index (κ1) is 17.6. The zero-order chi connectivity index (χ0) is 18.9. The van der Waals surface area contributed by atoms with Crippen LogP contribution in [0.25, 0.3) is 5.69 Å². The number of nitrogens with one attached hydrogen (secondary N) is 1. The van der Waals surface area contributed by atoms with Gasteiger partial charge >= 0.3 is 0 Å². The first-order valence-electron chi connectivity index (χ1n) is 7.49. The Morgan fingerprint density at radius 1 is 1.12 bits per heavy atom. The number of benzene rings is 2. The molecule has 0 saturated heterocycles. The number of aryl methyl sites for hydroxylation is 1. The second kappa shape index (κ2) is 6.62. The molecule has 0 fully saturated rings. The molecule has 8 nitrogen and oxygen atoms in total. The van der Waals surface area contributed by atoms with Crippen molar-refractivity contribution in [2.24, 2.45) is 4.99 Å². The van der Waals surface area contributed by atoms with Gasteiger partial charge in [-0.2, -0.15) is 8.42 Å². The third-order valence-corrected chi connectivity index (χ3v) is 4.59. The maximum atomic E-state index is 12.6. The monoisotopic (exact) mass is 373 g/mol. The molecule has 26 heavy (non-hydrogen) atoms. The molecule has 0 amide bonds. The Balaban J connectivity index is 1.99. The van der Waals surface area contributed by atoms with Crippen LogP contribution in [0.15, 0.2) is 63.2 Å². The van der Waals surface area contributed by atoms with E-state index in [0.717, 1.165) is 0 Å². The smallest absolute Gasteiger partial charge is 0.294 e. The summed E-state index contributed by atoms with van der Waals surface area (Å²) in [5.41, 5.74) is 1.19. The second-order valence-corrected chi connectivity index (χ2v) is 6.93. The number of H-pyrrole nitrogens is 1. The molecule has 1 aromatic heterocycles. The lowest BCUT2D eigenvalue weighted by Gasteiger charge is -2.02. The van der Waals surface area contributed by atoms with E-state index in [1.807, 2.05) is 0 Å². The van der Waals surface area contributed by atoms with Crippen LogP contribution in [0.3, 0.4) is 0 Å². The van der Waals surface area contributed by atoms with E-state index in [4.69, 9.17) is 4.55 Å². The molecule has 3 N–H and O–H groups in total. The van der Waals surface area contributed by atoms with E-state index in [1.54, 1.807) is 25.1 Å². The number of para-hydroxylation sites is 2. The highest BCUT2D eigenvalue weighted by molar-refractivity contribution is 7.85. The number of aromatic nitrogens is 2. The van der Waals surface area contributed by atoms with Crippen molar-refractivity contribution < 1.29 is 18.1 Å². The van der Waals surface area contributed by atoms with Crippen molar-refractivity contribution in [2.45, 2.75) is 11.8 Å². The summed E-state index contributed by atoms with van der Waals surface area (Å²) in [7, 11) is -4.30. The van der Waals surface area contributed by atoms with Crippen molar-refractivity contribution in [3.8, 4) is 11.4 Å². The lowest BCUT2D eigenvalue weighted by atomic mass is 10.2. The van der Waals surface area contributed by atoms with E-state index in [-0.39, 0.29) is 16.2 Å². The van der Waals surface area contributed by atoms with Crippen LogP contribution in [0, 0.1) is 6.92 Å². The number of aliphatic imine (C=N–C) groups is 1. The lowest BCUT2D eigenvalue weighted by molar-refractivity contribution is 0.477. The maximum absolute atomic E-state index is 12.6. The van der Waals surface area contributed by atoms with E-state index >= 15 is 0 Å². The minimum absolute atomic E-state index is 0.00179. The van der Waals surface area contributed by atoms with Gasteiger partial charge < -0.3 is 5.11 Å². The number of hydrogen-bond acceptors (Lipinski definition) is 5. The summed E-state index contributed by atoms with van der Waals surface area (Å²) in [6.45, 7) is 1.69. The Morgan fingerprint density at radius 2 is 1.77 bits per heavy atom. The number of phenolic OH excluding ortho intramolecular Hbond substituents is 1. The SMILES string of the molecule is Cc1[nH]n(-c2ccc(S(=O)(=O)O)cc2)c(=O)c1C=Nc1ccccc1O. The molecule has 0 aliphatic heterocycles. The molecule has 0 aliphatic rings. The molecule has 2 aromatic carbocycles. The number of aromatic hydroxyl groups is 1. The van der Waals surface area contributed by atoms with Crippen molar-refractivity contribution >= 4 is 22.0 Å². The van der Waals surface area contributed by atoms with Crippen LogP contribution in [0.5, 0.6) is 5.75 Å². The Morgan fingerprint density at radius 3 is 2.38 bits per heavy atom.